The standard InChI is InChI=1S/C6H8O7.H3N.Zn/c7-3(8)1-6(13,5(11)12)2-4(9)10;;/h13H,1-2H2,(H,7,8)(H,9,10)(H,11,12);1H3;. The summed E-state index contributed by atoms with van der Waals surface area (Å²) in [6, 6.07) is 0. The first-order chi connectivity index (χ1) is 5.78. The number of carbonyl (C=O) groups excluding carboxylic acids is 1. The van der Waals surface area contributed by atoms with Crippen molar-refractivity contribution in [2.45, 2.75) is 18.4 Å². The summed E-state index contributed by atoms with van der Waals surface area (Å²) >= 11 is 0. The predicted octanol–water partition coefficient (Wildman–Crippen LogP) is -2.21. The Hall–Kier alpha value is -1.05. The van der Waals surface area contributed by atoms with E-state index in [9.17, 15) is 19.5 Å². The molecule has 0 aromatic rings. The van der Waals surface area contributed by atoms with Gasteiger partial charge in [0.25, 0.3) is 0 Å². The zero-order valence-corrected chi connectivity index (χ0v) is 11.1. The molecule has 0 heterocycles. The van der Waals surface area contributed by atoms with Crippen molar-refractivity contribution in [3.05, 3.63) is 0 Å². The fraction of sp³-hybridized carbons (Fsp3) is 0.500. The number of carbonyl (C=O) groups is 3. The van der Waals surface area contributed by atoms with Gasteiger partial charge in [0.2, 0.25) is 0 Å². The fourth-order valence-electron chi connectivity index (χ4n) is 0.703. The molecule has 0 aliphatic heterocycles. The zero-order valence-electron chi connectivity index (χ0n) is 8.10. The number of quaternary nitrogens is 1. The van der Waals surface area contributed by atoms with E-state index in [0.717, 1.165) is 0 Å². The van der Waals surface area contributed by atoms with Gasteiger partial charge in [-0.15, -0.1) is 0 Å². The largest absolute Gasteiger partial charge is 0.550 e. The Labute approximate surface area is 97.2 Å². The topological polar surface area (TPSA) is 171 Å². The summed E-state index contributed by atoms with van der Waals surface area (Å²) in [5.74, 6) is -5.34. The predicted molar refractivity (Wildman–Crippen MR) is 40.4 cm³/mol. The van der Waals surface area contributed by atoms with Gasteiger partial charge < -0.3 is 31.4 Å². The van der Waals surface area contributed by atoms with Gasteiger partial charge >= 0.3 is 11.9 Å². The molecular weight excluding hydrogens is 263 g/mol. The summed E-state index contributed by atoms with van der Waals surface area (Å²) in [5.41, 5.74) is -2.80. The Morgan fingerprint density at radius 3 is 1.73 bits per heavy atom. The number of aliphatic hydroxyl groups is 1. The molecule has 0 bridgehead atoms. The van der Waals surface area contributed by atoms with Crippen LogP contribution in [0, 0.1) is 0 Å². The van der Waals surface area contributed by atoms with Gasteiger partial charge in [-0.05, 0) is 0 Å². The molecule has 0 saturated carbocycles. The van der Waals surface area contributed by atoms with Crippen molar-refractivity contribution in [2.75, 3.05) is 0 Å². The van der Waals surface area contributed by atoms with Crippen molar-refractivity contribution in [1.29, 1.82) is 0 Å². The van der Waals surface area contributed by atoms with Crippen LogP contribution in [-0.4, -0.2) is 38.8 Å². The molecular formula is C6H11NO7Zn. The van der Waals surface area contributed by atoms with E-state index in [-0.39, 0.29) is 25.6 Å². The van der Waals surface area contributed by atoms with Crippen molar-refractivity contribution >= 4 is 17.9 Å². The van der Waals surface area contributed by atoms with Gasteiger partial charge in [-0.2, -0.15) is 0 Å². The average molecular weight is 275 g/mol. The van der Waals surface area contributed by atoms with Gasteiger partial charge in [0.1, 0.15) is 0 Å². The van der Waals surface area contributed by atoms with Crippen LogP contribution in [0.1, 0.15) is 12.8 Å². The normalized spacial score (nSPS) is 12.6. The number of carboxylic acid groups (broad SMARTS) is 3. The SMILES string of the molecule is O=C([O-])CC(O)(CC(=O)O)C(=O)O.[NH4+].[Zn]. The van der Waals surface area contributed by atoms with E-state index in [1.165, 1.54) is 0 Å². The van der Waals surface area contributed by atoms with Crippen LogP contribution in [-0.2, 0) is 33.9 Å². The third kappa shape index (κ3) is 6.95. The van der Waals surface area contributed by atoms with Gasteiger partial charge in [-0.1, -0.05) is 0 Å². The third-order valence-electron chi connectivity index (χ3n) is 1.28. The van der Waals surface area contributed by atoms with E-state index in [1.54, 1.807) is 0 Å². The van der Waals surface area contributed by atoms with Crippen LogP contribution in [0.3, 0.4) is 0 Å². The first-order valence-electron chi connectivity index (χ1n) is 3.15. The summed E-state index contributed by atoms with van der Waals surface area (Å²) in [6.45, 7) is 0. The maximum absolute atomic E-state index is 10.3. The first-order valence-corrected chi connectivity index (χ1v) is 3.15. The summed E-state index contributed by atoms with van der Waals surface area (Å²) in [4.78, 5) is 30.3. The molecule has 0 aromatic heterocycles. The summed E-state index contributed by atoms with van der Waals surface area (Å²) in [5, 5.41) is 35.5. The maximum Gasteiger partial charge on any atom is 0.336 e. The molecule has 0 saturated heterocycles. The van der Waals surface area contributed by atoms with Gasteiger partial charge in [-0.25, -0.2) is 4.79 Å². The van der Waals surface area contributed by atoms with Gasteiger partial charge in [-0.3, -0.25) is 4.79 Å². The Bertz CT molecular complexity index is 238. The summed E-state index contributed by atoms with van der Waals surface area (Å²) < 4.78 is 0. The molecule has 0 aromatic carbocycles. The van der Waals surface area contributed by atoms with E-state index in [4.69, 9.17) is 15.3 Å². The van der Waals surface area contributed by atoms with Crippen molar-refractivity contribution in [2.24, 2.45) is 0 Å². The molecule has 0 amide bonds. The second-order valence-corrected chi connectivity index (χ2v) is 2.46. The van der Waals surface area contributed by atoms with Crippen LogP contribution in [0.5, 0.6) is 0 Å². The van der Waals surface area contributed by atoms with Gasteiger partial charge in [0.05, 0.1) is 6.42 Å². The van der Waals surface area contributed by atoms with Gasteiger partial charge in [0, 0.05) is 31.9 Å². The number of hydrogen-bond donors (Lipinski definition) is 4. The van der Waals surface area contributed by atoms with Crippen molar-refractivity contribution in [3.8, 4) is 0 Å². The Morgan fingerprint density at radius 2 is 1.53 bits per heavy atom. The molecule has 9 heteroatoms. The molecule has 0 rings (SSSR count). The Morgan fingerprint density at radius 1 is 1.13 bits per heavy atom. The third-order valence-corrected chi connectivity index (χ3v) is 1.28. The van der Waals surface area contributed by atoms with E-state index < -0.39 is 36.4 Å². The van der Waals surface area contributed by atoms with Crippen LogP contribution in [0.25, 0.3) is 0 Å². The number of carboxylic acids is 3. The number of hydrogen-bond acceptors (Lipinski definition) is 5. The average Bonchev–Trinajstić information content (AvgIpc) is 1.82. The molecule has 0 fully saturated rings. The Kier molecular flexibility index (Phi) is 9.46. The molecule has 7 N–H and O–H groups in total. The van der Waals surface area contributed by atoms with Crippen molar-refractivity contribution in [1.82, 2.24) is 6.15 Å². The molecule has 0 aliphatic carbocycles. The molecule has 1 unspecified atom stereocenters. The summed E-state index contributed by atoms with van der Waals surface area (Å²) in [6.07, 6.45) is -2.44. The monoisotopic (exact) mass is 273 g/mol. The molecule has 1 atom stereocenters. The van der Waals surface area contributed by atoms with E-state index in [1.807, 2.05) is 0 Å². The second kappa shape index (κ2) is 7.27. The first kappa shape index (κ1) is 19.5. The smallest absolute Gasteiger partial charge is 0.336 e. The van der Waals surface area contributed by atoms with E-state index in [2.05, 4.69) is 0 Å². The van der Waals surface area contributed by atoms with E-state index in [0.29, 0.717) is 0 Å². The van der Waals surface area contributed by atoms with Gasteiger partial charge in [0.15, 0.2) is 5.60 Å². The molecule has 0 aliphatic rings. The molecule has 15 heavy (non-hydrogen) atoms. The zero-order chi connectivity index (χ0) is 10.6. The molecule has 0 spiro atoms. The summed E-state index contributed by atoms with van der Waals surface area (Å²) in [7, 11) is 0. The van der Waals surface area contributed by atoms with Crippen molar-refractivity contribution < 1.29 is 54.3 Å². The van der Waals surface area contributed by atoms with Crippen LogP contribution in [0.15, 0.2) is 0 Å². The van der Waals surface area contributed by atoms with Crippen LogP contribution < -0.4 is 11.3 Å². The van der Waals surface area contributed by atoms with Crippen LogP contribution in [0.2, 0.25) is 0 Å². The minimum absolute atomic E-state index is 0. The minimum Gasteiger partial charge on any atom is -0.550 e. The molecule has 84 valence electrons. The maximum atomic E-state index is 10.3. The van der Waals surface area contributed by atoms with E-state index >= 15 is 0 Å². The minimum atomic E-state index is -2.80. The molecule has 0 radical (unpaired) electrons. The fourth-order valence-corrected chi connectivity index (χ4v) is 0.703. The van der Waals surface area contributed by atoms with Crippen molar-refractivity contribution in [3.63, 3.8) is 0 Å². The van der Waals surface area contributed by atoms with Crippen LogP contribution >= 0.6 is 0 Å². The Balaban J connectivity index is -0.000000720. The second-order valence-electron chi connectivity index (χ2n) is 2.46. The quantitative estimate of drug-likeness (QED) is 0.411. The number of rotatable bonds is 5. The number of aliphatic carboxylic acids is 3. The van der Waals surface area contributed by atoms with Crippen LogP contribution in [0.4, 0.5) is 0 Å². The molecule has 8 nitrogen and oxygen atoms in total.